The van der Waals surface area contributed by atoms with Crippen molar-refractivity contribution in [3.8, 4) is 6.07 Å². The minimum Gasteiger partial charge on any atom is -0.384 e. The van der Waals surface area contributed by atoms with E-state index < -0.39 is 5.67 Å². The molecule has 0 aliphatic heterocycles. The number of halogens is 1. The standard InChI is InChI=1S/C26H36FN3O2/c1-25-9-8-22-20(4-3-19-11-17(16-32-2)7-10-26(19,22)27)21(25)5-6-23(25)24(31)15-30-14-18(12-28)13-29-30/h13-14,17,19-23H,3-11,15-16H2,1-2H3/t17-,19+,20?,21-,22?,23+,25-,26+/m0/s1. The molecule has 4 aliphatic carbocycles. The third-order valence-electron chi connectivity index (χ3n) is 10.0. The third kappa shape index (κ3) is 3.43. The Balaban J connectivity index is 1.31. The summed E-state index contributed by atoms with van der Waals surface area (Å²) in [4.78, 5) is 13.3. The normalized spacial score (nSPS) is 43.1. The van der Waals surface area contributed by atoms with Gasteiger partial charge < -0.3 is 4.74 Å². The Morgan fingerprint density at radius 3 is 2.84 bits per heavy atom. The van der Waals surface area contributed by atoms with Crippen molar-refractivity contribution in [2.75, 3.05) is 13.7 Å². The average molecular weight is 442 g/mol. The molecule has 1 aromatic rings. The molecular formula is C26H36FN3O2. The maximum atomic E-state index is 16.6. The Bertz CT molecular complexity index is 909. The predicted octanol–water partition coefficient (Wildman–Crippen LogP) is 4.95. The van der Waals surface area contributed by atoms with Gasteiger partial charge in [-0.3, -0.25) is 9.48 Å². The highest BCUT2D eigenvalue weighted by Crippen LogP contribution is 2.66. The summed E-state index contributed by atoms with van der Waals surface area (Å²) in [5, 5.41) is 13.2. The topological polar surface area (TPSA) is 67.9 Å². The molecule has 1 aromatic heterocycles. The molecule has 1 heterocycles. The number of hydrogen-bond donors (Lipinski definition) is 0. The number of ether oxygens (including phenoxy) is 1. The number of ketones is 1. The summed E-state index contributed by atoms with van der Waals surface area (Å²) in [5.74, 6) is 1.99. The molecule has 4 aliphatic rings. The quantitative estimate of drug-likeness (QED) is 0.649. The molecule has 32 heavy (non-hydrogen) atoms. The predicted molar refractivity (Wildman–Crippen MR) is 118 cm³/mol. The van der Waals surface area contributed by atoms with Gasteiger partial charge in [-0.2, -0.15) is 10.4 Å². The molecule has 0 N–H and O–H groups in total. The van der Waals surface area contributed by atoms with Gasteiger partial charge in [0.05, 0.1) is 18.3 Å². The highest BCUT2D eigenvalue weighted by molar-refractivity contribution is 5.82. The lowest BCUT2D eigenvalue weighted by molar-refractivity contribution is -0.148. The number of nitriles is 1. The molecule has 0 bridgehead atoms. The summed E-state index contributed by atoms with van der Waals surface area (Å²) in [7, 11) is 1.75. The lowest BCUT2D eigenvalue weighted by Crippen LogP contribution is -2.57. The van der Waals surface area contributed by atoms with Crippen LogP contribution >= 0.6 is 0 Å². The summed E-state index contributed by atoms with van der Waals surface area (Å²) >= 11 is 0. The molecule has 0 spiro atoms. The van der Waals surface area contributed by atoms with Gasteiger partial charge in [0.15, 0.2) is 5.78 Å². The van der Waals surface area contributed by atoms with Crippen molar-refractivity contribution in [2.24, 2.45) is 40.9 Å². The molecule has 4 saturated carbocycles. The van der Waals surface area contributed by atoms with E-state index in [0.717, 1.165) is 58.0 Å². The number of Topliss-reactive ketones (excluding diaryl/α,β-unsaturated/α-hetero) is 1. The number of methoxy groups -OCH3 is 1. The fourth-order valence-corrected chi connectivity index (χ4v) is 8.56. The summed E-state index contributed by atoms with van der Waals surface area (Å²) in [6, 6.07) is 2.07. The highest BCUT2D eigenvalue weighted by atomic mass is 19.1. The molecule has 0 saturated heterocycles. The van der Waals surface area contributed by atoms with Crippen LogP contribution in [0.3, 0.4) is 0 Å². The lowest BCUT2D eigenvalue weighted by Gasteiger charge is -2.58. The number of carbonyl (C=O) groups is 1. The van der Waals surface area contributed by atoms with Crippen molar-refractivity contribution in [1.82, 2.24) is 9.78 Å². The summed E-state index contributed by atoms with van der Waals surface area (Å²) in [5.41, 5.74) is -0.557. The van der Waals surface area contributed by atoms with Gasteiger partial charge >= 0.3 is 0 Å². The molecule has 8 atom stereocenters. The van der Waals surface area contributed by atoms with Gasteiger partial charge in [0.2, 0.25) is 0 Å². The van der Waals surface area contributed by atoms with Crippen LogP contribution in [0.25, 0.3) is 0 Å². The molecule has 6 heteroatoms. The van der Waals surface area contributed by atoms with Gasteiger partial charge in [-0.1, -0.05) is 6.92 Å². The van der Waals surface area contributed by atoms with Crippen LogP contribution in [0, 0.1) is 52.3 Å². The van der Waals surface area contributed by atoms with Crippen molar-refractivity contribution in [1.29, 1.82) is 5.26 Å². The first-order valence-corrected chi connectivity index (χ1v) is 12.5. The Morgan fingerprint density at radius 2 is 2.09 bits per heavy atom. The van der Waals surface area contributed by atoms with Crippen LogP contribution in [0.2, 0.25) is 0 Å². The zero-order valence-electron chi connectivity index (χ0n) is 19.4. The molecule has 2 unspecified atom stereocenters. The van der Waals surface area contributed by atoms with E-state index >= 15 is 4.39 Å². The van der Waals surface area contributed by atoms with Gasteiger partial charge in [0.25, 0.3) is 0 Å². The smallest absolute Gasteiger partial charge is 0.157 e. The number of aromatic nitrogens is 2. The van der Waals surface area contributed by atoms with E-state index in [-0.39, 0.29) is 35.5 Å². The van der Waals surface area contributed by atoms with Crippen LogP contribution in [0.4, 0.5) is 4.39 Å². The van der Waals surface area contributed by atoms with E-state index in [1.165, 1.54) is 6.20 Å². The molecule has 5 rings (SSSR count). The maximum Gasteiger partial charge on any atom is 0.157 e. The third-order valence-corrected chi connectivity index (χ3v) is 10.0. The summed E-state index contributed by atoms with van der Waals surface area (Å²) < 4.78 is 23.6. The molecule has 174 valence electrons. The first-order valence-electron chi connectivity index (χ1n) is 12.5. The Labute approximate surface area is 190 Å². The molecule has 5 nitrogen and oxygen atoms in total. The van der Waals surface area contributed by atoms with Crippen LogP contribution in [0.15, 0.2) is 12.4 Å². The first kappa shape index (κ1) is 22.1. The number of nitrogens with zero attached hydrogens (tertiary/aromatic N) is 3. The second kappa shape index (κ2) is 8.24. The van der Waals surface area contributed by atoms with Crippen molar-refractivity contribution < 1.29 is 13.9 Å². The number of rotatable bonds is 5. The molecule has 4 fully saturated rings. The molecule has 0 radical (unpaired) electrons. The van der Waals surface area contributed by atoms with Gasteiger partial charge in [0, 0.05) is 25.8 Å². The number of fused-ring (bicyclic) bond motifs is 5. The number of alkyl halides is 1. The van der Waals surface area contributed by atoms with Gasteiger partial charge in [-0.05, 0) is 92.8 Å². The molecule has 0 aromatic carbocycles. The fourth-order valence-electron chi connectivity index (χ4n) is 8.56. The van der Waals surface area contributed by atoms with E-state index in [1.807, 2.05) is 0 Å². The van der Waals surface area contributed by atoms with E-state index in [2.05, 4.69) is 18.1 Å². The van der Waals surface area contributed by atoms with Crippen LogP contribution in [0.1, 0.15) is 70.3 Å². The van der Waals surface area contributed by atoms with Crippen LogP contribution < -0.4 is 0 Å². The fraction of sp³-hybridized carbons (Fsp3) is 0.808. The van der Waals surface area contributed by atoms with Crippen molar-refractivity contribution in [3.05, 3.63) is 18.0 Å². The minimum atomic E-state index is -1.01. The number of hydrogen-bond acceptors (Lipinski definition) is 4. The first-order chi connectivity index (χ1) is 15.4. The zero-order valence-corrected chi connectivity index (χ0v) is 19.4. The summed E-state index contributed by atoms with van der Waals surface area (Å²) in [6.45, 7) is 3.30. The summed E-state index contributed by atoms with van der Waals surface area (Å²) in [6.07, 6.45) is 11.7. The average Bonchev–Trinajstić information content (AvgIpc) is 3.37. The van der Waals surface area contributed by atoms with E-state index in [9.17, 15) is 4.79 Å². The number of carbonyl (C=O) groups excluding carboxylic acids is 1. The Hall–Kier alpha value is -1.74. The van der Waals surface area contributed by atoms with Crippen LogP contribution in [-0.4, -0.2) is 34.9 Å². The Kier molecular flexibility index (Phi) is 5.68. The van der Waals surface area contributed by atoms with E-state index in [0.29, 0.717) is 29.7 Å². The van der Waals surface area contributed by atoms with Crippen molar-refractivity contribution in [2.45, 2.75) is 76.9 Å². The second-order valence-corrected chi connectivity index (χ2v) is 11.4. The van der Waals surface area contributed by atoms with Gasteiger partial charge in [-0.15, -0.1) is 0 Å². The minimum absolute atomic E-state index is 0.0221. The monoisotopic (exact) mass is 441 g/mol. The highest BCUT2D eigenvalue weighted by Gasteiger charge is 2.62. The maximum absolute atomic E-state index is 16.6. The lowest BCUT2D eigenvalue weighted by atomic mass is 9.48. The van der Waals surface area contributed by atoms with Crippen molar-refractivity contribution in [3.63, 3.8) is 0 Å². The Morgan fingerprint density at radius 1 is 1.25 bits per heavy atom. The van der Waals surface area contributed by atoms with Crippen molar-refractivity contribution >= 4 is 5.78 Å². The zero-order chi connectivity index (χ0) is 22.5. The molecular weight excluding hydrogens is 405 g/mol. The second-order valence-electron chi connectivity index (χ2n) is 11.4. The van der Waals surface area contributed by atoms with Gasteiger partial charge in [0.1, 0.15) is 11.7 Å². The van der Waals surface area contributed by atoms with E-state index in [4.69, 9.17) is 10.00 Å². The largest absolute Gasteiger partial charge is 0.384 e. The SMILES string of the molecule is COC[C@H]1CC[C@]2(F)C3CC[C@]4(C)[C@@H](C(=O)Cn5cc(C#N)cn5)CC[C@H]4C3CC[C@@H]2C1. The van der Waals surface area contributed by atoms with Crippen LogP contribution in [0.5, 0.6) is 0 Å². The van der Waals surface area contributed by atoms with Gasteiger partial charge in [-0.25, -0.2) is 4.39 Å². The van der Waals surface area contributed by atoms with E-state index in [1.54, 1.807) is 18.0 Å². The molecule has 0 amide bonds. The van der Waals surface area contributed by atoms with Crippen LogP contribution in [-0.2, 0) is 16.1 Å².